The molecule has 43 heavy (non-hydrogen) atoms. The lowest BCUT2D eigenvalue weighted by Gasteiger charge is -2.48. The zero-order chi connectivity index (χ0) is 31.1. The van der Waals surface area contributed by atoms with Crippen LogP contribution in [-0.4, -0.2) is 90.9 Å². The summed E-state index contributed by atoms with van der Waals surface area (Å²) in [6.07, 6.45) is 6.38. The summed E-state index contributed by atoms with van der Waals surface area (Å²) in [6.45, 7) is 6.70. The third-order valence-corrected chi connectivity index (χ3v) is 9.73. The Hall–Kier alpha value is -2.99. The molecule has 0 radical (unpaired) electrons. The Bertz CT molecular complexity index is 1220. The van der Waals surface area contributed by atoms with Crippen molar-refractivity contribution in [3.05, 3.63) is 47.6 Å². The third kappa shape index (κ3) is 5.56. The summed E-state index contributed by atoms with van der Waals surface area (Å²) in [7, 11) is 1.43. The Morgan fingerprint density at radius 2 is 2.00 bits per heavy atom. The molecule has 1 saturated heterocycles. The third-order valence-electron chi connectivity index (χ3n) is 9.73. The fourth-order valence-corrected chi connectivity index (χ4v) is 7.67. The van der Waals surface area contributed by atoms with Gasteiger partial charge in [0, 0.05) is 42.3 Å². The molecule has 11 heteroatoms. The van der Waals surface area contributed by atoms with Crippen molar-refractivity contribution in [2.24, 2.45) is 29.6 Å². The molecular weight excluding hydrogens is 560 g/mol. The number of hydrogen-bond donors (Lipinski definition) is 2. The fourth-order valence-electron chi connectivity index (χ4n) is 7.67. The highest BCUT2D eigenvalue weighted by Gasteiger charge is 2.69. The summed E-state index contributed by atoms with van der Waals surface area (Å²) in [5.41, 5.74) is 0.384. The van der Waals surface area contributed by atoms with Crippen LogP contribution in [0.4, 0.5) is 4.79 Å². The number of hydrogen-bond acceptors (Lipinski definition) is 11. The molecule has 2 fully saturated rings. The lowest BCUT2D eigenvalue weighted by molar-refractivity contribution is -0.174. The van der Waals surface area contributed by atoms with Crippen LogP contribution in [0.15, 0.2) is 47.6 Å². The van der Waals surface area contributed by atoms with Gasteiger partial charge in [0.15, 0.2) is 6.10 Å². The number of carbonyl (C=O) groups is 3. The molecule has 5 rings (SSSR count). The molecule has 4 bridgehead atoms. The van der Waals surface area contributed by atoms with E-state index < -0.39 is 72.2 Å². The maximum absolute atomic E-state index is 13.4. The van der Waals surface area contributed by atoms with Crippen LogP contribution in [0.3, 0.4) is 0 Å². The molecule has 0 aromatic carbocycles. The van der Waals surface area contributed by atoms with Gasteiger partial charge in [-0.05, 0) is 32.3 Å². The fraction of sp³-hybridized carbons (Fsp3) is 0.656. The van der Waals surface area contributed by atoms with Crippen LogP contribution in [0.5, 0.6) is 0 Å². The second-order valence-electron chi connectivity index (χ2n) is 12.2. The molecule has 3 aliphatic carbocycles. The molecule has 0 aromatic heterocycles. The molecule has 11 nitrogen and oxygen atoms in total. The van der Waals surface area contributed by atoms with Crippen molar-refractivity contribution < 1.29 is 53.0 Å². The Kier molecular flexibility index (Phi) is 9.18. The number of cyclic esters (lactones) is 1. The average Bonchev–Trinajstić information content (AvgIpc) is 3.58. The summed E-state index contributed by atoms with van der Waals surface area (Å²) in [5.74, 6) is -2.81. The van der Waals surface area contributed by atoms with E-state index in [2.05, 4.69) is 0 Å². The molecule has 236 valence electrons. The van der Waals surface area contributed by atoms with E-state index in [1.165, 1.54) is 7.11 Å². The Balaban J connectivity index is 1.50. The SMILES string of the molecule is CO[C@H]1C[C@H]2C=C[C@H]3[C@H]4O[C@]2(/C(C)=C/[C@@H](C)[C@@H]([C@@H](C)OC(=O)OCCO)OC1=O)[C@@H]3[C@H](O)[C@@H](C)[C@H]4OC(=O)C1=CC=CC1. The number of esters is 2. The molecule has 5 aliphatic rings. The largest absolute Gasteiger partial charge is 0.508 e. The summed E-state index contributed by atoms with van der Waals surface area (Å²) in [4.78, 5) is 38.6. The van der Waals surface area contributed by atoms with Crippen LogP contribution < -0.4 is 0 Å². The van der Waals surface area contributed by atoms with Gasteiger partial charge in [-0.2, -0.15) is 0 Å². The van der Waals surface area contributed by atoms with E-state index in [1.54, 1.807) is 13.0 Å². The van der Waals surface area contributed by atoms with Gasteiger partial charge in [0.05, 0.1) is 12.7 Å². The van der Waals surface area contributed by atoms with Gasteiger partial charge >= 0.3 is 18.1 Å². The van der Waals surface area contributed by atoms with E-state index in [4.69, 9.17) is 33.5 Å². The van der Waals surface area contributed by atoms with Gasteiger partial charge in [-0.15, -0.1) is 0 Å². The van der Waals surface area contributed by atoms with Crippen LogP contribution in [0, 0.1) is 29.6 Å². The van der Waals surface area contributed by atoms with Crippen molar-refractivity contribution >= 4 is 18.1 Å². The number of carbonyl (C=O) groups excluding carboxylic acids is 3. The van der Waals surface area contributed by atoms with Gasteiger partial charge in [-0.3, -0.25) is 0 Å². The quantitative estimate of drug-likeness (QED) is 0.252. The van der Waals surface area contributed by atoms with Crippen LogP contribution in [0.2, 0.25) is 0 Å². The van der Waals surface area contributed by atoms with Gasteiger partial charge in [-0.25, -0.2) is 14.4 Å². The minimum Gasteiger partial charge on any atom is -0.456 e. The molecule has 2 N–H and O–H groups in total. The van der Waals surface area contributed by atoms with Gasteiger partial charge in [0.1, 0.15) is 36.6 Å². The minimum absolute atomic E-state index is 0.214. The zero-order valence-corrected chi connectivity index (χ0v) is 25.2. The van der Waals surface area contributed by atoms with Gasteiger partial charge in [0.2, 0.25) is 0 Å². The molecule has 1 spiro atoms. The first-order valence-corrected chi connectivity index (χ1v) is 15.0. The number of ether oxygens (including phenoxy) is 6. The Morgan fingerprint density at radius 3 is 2.67 bits per heavy atom. The molecule has 12 atom stereocenters. The van der Waals surface area contributed by atoms with E-state index >= 15 is 0 Å². The Morgan fingerprint density at radius 1 is 1.23 bits per heavy atom. The second-order valence-corrected chi connectivity index (χ2v) is 12.2. The van der Waals surface area contributed by atoms with Crippen molar-refractivity contribution in [1.82, 2.24) is 0 Å². The lowest BCUT2D eigenvalue weighted by atomic mass is 9.57. The van der Waals surface area contributed by atoms with Crippen molar-refractivity contribution in [3.8, 4) is 0 Å². The summed E-state index contributed by atoms with van der Waals surface area (Å²) in [6, 6.07) is 0. The predicted molar refractivity (Wildman–Crippen MR) is 151 cm³/mol. The van der Waals surface area contributed by atoms with Crippen molar-refractivity contribution in [3.63, 3.8) is 0 Å². The van der Waals surface area contributed by atoms with Gasteiger partial charge in [-0.1, -0.05) is 50.3 Å². The van der Waals surface area contributed by atoms with Crippen LogP contribution in [0.1, 0.15) is 40.5 Å². The molecule has 0 unspecified atom stereocenters. The summed E-state index contributed by atoms with van der Waals surface area (Å²) >= 11 is 0. The van der Waals surface area contributed by atoms with E-state index in [0.717, 1.165) is 5.57 Å². The molecule has 0 aromatic rings. The zero-order valence-electron chi connectivity index (χ0n) is 25.2. The van der Waals surface area contributed by atoms with Gasteiger partial charge < -0.3 is 38.6 Å². The van der Waals surface area contributed by atoms with Crippen molar-refractivity contribution in [2.75, 3.05) is 20.3 Å². The number of aliphatic hydroxyl groups excluding tert-OH is 2. The first kappa shape index (κ1) is 31.4. The summed E-state index contributed by atoms with van der Waals surface area (Å²) in [5, 5.41) is 20.8. The maximum atomic E-state index is 13.4. The van der Waals surface area contributed by atoms with E-state index in [-0.39, 0.29) is 37.4 Å². The molecular formula is C32H42O11. The maximum Gasteiger partial charge on any atom is 0.508 e. The highest BCUT2D eigenvalue weighted by molar-refractivity contribution is 5.90. The average molecular weight is 603 g/mol. The minimum atomic E-state index is -1.01. The molecule has 2 heterocycles. The molecule has 0 amide bonds. The van der Waals surface area contributed by atoms with Crippen molar-refractivity contribution in [1.29, 1.82) is 0 Å². The van der Waals surface area contributed by atoms with E-state index in [1.807, 2.05) is 51.2 Å². The van der Waals surface area contributed by atoms with Gasteiger partial charge in [0.25, 0.3) is 0 Å². The van der Waals surface area contributed by atoms with Crippen LogP contribution in [0.25, 0.3) is 0 Å². The standard InChI is InChI=1S/C32H42O11/c1-16-14-17(2)32-21(15-23(38-5)30(36)41-26(16)19(4)40-31(37)39-13-12-33)10-11-22-24(32)25(34)18(3)27(28(22)43-32)42-29(35)20-8-6-7-9-20/h6-8,10-11,14,16,18-19,21-28,33-34H,9,12-13,15H2,1-5H3/b17-14+/t16-,18-,19-,21-,22-,23+,24+,25-,26+,27-,28-,32+/m1/s1. The van der Waals surface area contributed by atoms with E-state index in [0.29, 0.717) is 12.0 Å². The highest BCUT2D eigenvalue weighted by Crippen LogP contribution is 2.61. The number of allylic oxidation sites excluding steroid dienone is 3. The highest BCUT2D eigenvalue weighted by atomic mass is 16.7. The molecule has 2 aliphatic heterocycles. The number of rotatable bonds is 7. The second kappa shape index (κ2) is 12.6. The topological polar surface area (TPSA) is 147 Å². The first-order valence-electron chi connectivity index (χ1n) is 15.0. The normalized spacial score (nSPS) is 41.7. The summed E-state index contributed by atoms with van der Waals surface area (Å²) < 4.78 is 34.8. The lowest BCUT2D eigenvalue weighted by Crippen LogP contribution is -2.57. The number of aliphatic hydroxyl groups is 2. The predicted octanol–water partition coefficient (Wildman–Crippen LogP) is 2.80. The molecule has 1 saturated carbocycles. The van der Waals surface area contributed by atoms with E-state index in [9.17, 15) is 19.5 Å². The first-order chi connectivity index (χ1) is 20.5. The smallest absolute Gasteiger partial charge is 0.456 e. The van der Waals surface area contributed by atoms with Crippen LogP contribution in [-0.2, 0) is 38.0 Å². The van der Waals surface area contributed by atoms with Crippen molar-refractivity contribution in [2.45, 2.75) is 82.8 Å². The number of methoxy groups -OCH3 is 1. The monoisotopic (exact) mass is 602 g/mol. The van der Waals surface area contributed by atoms with Crippen LogP contribution >= 0.6 is 0 Å². The Labute approximate surface area is 251 Å².